The number of nitrogens with zero attached hydrogens (tertiary/aromatic N) is 1. The van der Waals surface area contributed by atoms with Crippen LogP contribution in [0, 0.1) is 0 Å². The second-order valence-electron chi connectivity index (χ2n) is 4.29. The second-order valence-corrected chi connectivity index (χ2v) is 4.72. The van der Waals surface area contributed by atoms with E-state index in [9.17, 15) is 9.59 Å². The van der Waals surface area contributed by atoms with E-state index in [2.05, 4.69) is 9.89 Å². The smallest absolute Gasteiger partial charge is 0.415 e. The first kappa shape index (κ1) is 15.9. The van der Waals surface area contributed by atoms with Crippen molar-refractivity contribution in [1.29, 1.82) is 0 Å². The topological polar surface area (TPSA) is 143 Å². The van der Waals surface area contributed by atoms with Crippen LogP contribution >= 0.6 is 11.6 Å². The Morgan fingerprint density at radius 2 is 2.18 bits per heavy atom. The average Bonchev–Trinajstić information content (AvgIpc) is 2.84. The van der Waals surface area contributed by atoms with Crippen LogP contribution in [-0.2, 0) is 4.74 Å². The van der Waals surface area contributed by atoms with Crippen molar-refractivity contribution in [2.75, 3.05) is 13.2 Å². The summed E-state index contributed by atoms with van der Waals surface area (Å²) in [6, 6.07) is 3.32. The van der Waals surface area contributed by atoms with Gasteiger partial charge in [0.2, 0.25) is 0 Å². The molecule has 0 bridgehead atoms. The van der Waals surface area contributed by atoms with Gasteiger partial charge in [0.15, 0.2) is 5.58 Å². The first-order valence-corrected chi connectivity index (χ1v) is 6.50. The van der Waals surface area contributed by atoms with Gasteiger partial charge in [-0.1, -0.05) is 11.6 Å². The summed E-state index contributed by atoms with van der Waals surface area (Å²) in [6.07, 6.45) is -0.985. The predicted octanol–water partition coefficient (Wildman–Crippen LogP) is 0.992. The third-order valence-corrected chi connectivity index (χ3v) is 2.72. The molecule has 1 aromatic carbocycles. The van der Waals surface area contributed by atoms with Crippen molar-refractivity contribution in [1.82, 2.24) is 10.5 Å². The lowest BCUT2D eigenvalue weighted by atomic mass is 10.2. The van der Waals surface area contributed by atoms with E-state index in [1.165, 1.54) is 0 Å². The Morgan fingerprint density at radius 3 is 2.91 bits per heavy atom. The van der Waals surface area contributed by atoms with Gasteiger partial charge in [0, 0.05) is 5.02 Å². The van der Waals surface area contributed by atoms with Crippen molar-refractivity contribution in [3.8, 4) is 5.88 Å². The van der Waals surface area contributed by atoms with Crippen molar-refractivity contribution in [3.63, 3.8) is 0 Å². The maximum absolute atomic E-state index is 11.0. The number of carbonyl (C=O) groups excluding carboxylic acids is 2. The Bertz CT molecular complexity index is 689. The molecule has 0 aliphatic carbocycles. The van der Waals surface area contributed by atoms with Gasteiger partial charge in [-0.25, -0.2) is 14.9 Å². The van der Waals surface area contributed by atoms with Crippen LogP contribution in [0.25, 0.3) is 11.0 Å². The maximum atomic E-state index is 11.0. The number of amides is 3. The normalized spacial score (nSPS) is 11.9. The lowest BCUT2D eigenvalue weighted by Crippen LogP contribution is -2.39. The third kappa shape index (κ3) is 4.24. The van der Waals surface area contributed by atoms with Crippen molar-refractivity contribution in [2.24, 2.45) is 11.5 Å². The van der Waals surface area contributed by atoms with E-state index in [1.807, 2.05) is 0 Å². The third-order valence-electron chi connectivity index (χ3n) is 2.49. The van der Waals surface area contributed by atoms with Gasteiger partial charge in [-0.3, -0.25) is 0 Å². The number of hydrogen-bond donors (Lipinski definition) is 3. The van der Waals surface area contributed by atoms with Crippen LogP contribution in [0.15, 0.2) is 22.7 Å². The summed E-state index contributed by atoms with van der Waals surface area (Å²) in [5.74, 6) is 0.231. The van der Waals surface area contributed by atoms with Crippen LogP contribution in [0.1, 0.15) is 0 Å². The Hall–Kier alpha value is -2.52. The number of halogens is 1. The molecule has 2 aromatic rings. The molecule has 9 nitrogen and oxygen atoms in total. The highest BCUT2D eigenvalue weighted by molar-refractivity contribution is 6.31. The van der Waals surface area contributed by atoms with Crippen LogP contribution < -0.4 is 21.5 Å². The molecule has 0 radical (unpaired) electrons. The number of ether oxygens (including phenoxy) is 2. The summed E-state index contributed by atoms with van der Waals surface area (Å²) in [4.78, 5) is 21.4. The van der Waals surface area contributed by atoms with E-state index in [0.29, 0.717) is 16.0 Å². The molecule has 0 fully saturated rings. The van der Waals surface area contributed by atoms with Gasteiger partial charge in [-0.05, 0) is 23.4 Å². The second kappa shape index (κ2) is 6.96. The van der Waals surface area contributed by atoms with Crippen LogP contribution in [0.5, 0.6) is 5.88 Å². The number of rotatable bonds is 5. The van der Waals surface area contributed by atoms with Gasteiger partial charge in [0.1, 0.15) is 13.2 Å². The number of primary amides is 1. The van der Waals surface area contributed by atoms with Gasteiger partial charge < -0.3 is 25.5 Å². The molecule has 22 heavy (non-hydrogen) atoms. The van der Waals surface area contributed by atoms with Crippen LogP contribution in [0.2, 0.25) is 5.02 Å². The Kier molecular flexibility index (Phi) is 5.02. The minimum atomic E-state index is -1.01. The van der Waals surface area contributed by atoms with Gasteiger partial charge in [-0.15, -0.1) is 0 Å². The summed E-state index contributed by atoms with van der Waals surface area (Å²) in [5.41, 5.74) is 11.0. The highest BCUT2D eigenvalue weighted by atomic mass is 35.5. The number of alkyl carbamates (subject to hydrolysis) is 1. The Morgan fingerprint density at radius 1 is 1.41 bits per heavy atom. The molecule has 0 aliphatic rings. The molecule has 1 atom stereocenters. The fraction of sp³-hybridized carbons (Fsp3) is 0.250. The first-order valence-electron chi connectivity index (χ1n) is 6.12. The predicted molar refractivity (Wildman–Crippen MR) is 76.6 cm³/mol. The standard InChI is InChI=1S/C12H13ClN4O5/c13-6-1-2-9-8(3-6)10(17-22-9)20-4-7(14)5-21-12(19)16-11(15)18/h1-3,7H,4-5,14H2,(H3,15,16,18,19). The average molecular weight is 329 g/mol. The zero-order valence-corrected chi connectivity index (χ0v) is 12.0. The van der Waals surface area contributed by atoms with E-state index >= 15 is 0 Å². The number of carbonyl (C=O) groups is 2. The number of urea groups is 1. The van der Waals surface area contributed by atoms with Crippen LogP contribution in [-0.4, -0.2) is 36.5 Å². The summed E-state index contributed by atoms with van der Waals surface area (Å²) in [5, 5.41) is 6.60. The highest BCUT2D eigenvalue weighted by Gasteiger charge is 2.13. The zero-order valence-electron chi connectivity index (χ0n) is 11.2. The largest absolute Gasteiger partial charge is 0.473 e. The van der Waals surface area contributed by atoms with Crippen molar-refractivity contribution in [2.45, 2.75) is 6.04 Å². The van der Waals surface area contributed by atoms with E-state index in [4.69, 9.17) is 32.3 Å². The number of nitrogens with one attached hydrogen (secondary N) is 1. The molecule has 1 aromatic heterocycles. The minimum absolute atomic E-state index is 0.0119. The maximum Gasteiger partial charge on any atom is 0.415 e. The number of aromatic nitrogens is 1. The molecular formula is C12H13ClN4O5. The molecule has 0 saturated carbocycles. The molecule has 5 N–H and O–H groups in total. The van der Waals surface area contributed by atoms with Gasteiger partial charge >= 0.3 is 12.1 Å². The molecule has 2 rings (SSSR count). The highest BCUT2D eigenvalue weighted by Crippen LogP contribution is 2.27. The van der Waals surface area contributed by atoms with Gasteiger partial charge in [0.05, 0.1) is 11.4 Å². The van der Waals surface area contributed by atoms with E-state index < -0.39 is 18.2 Å². The Labute approximate surface area is 129 Å². The van der Waals surface area contributed by atoms with Crippen molar-refractivity contribution in [3.05, 3.63) is 23.2 Å². The molecule has 0 spiro atoms. The van der Waals surface area contributed by atoms with Gasteiger partial charge in [-0.2, -0.15) is 0 Å². The molecule has 1 unspecified atom stereocenters. The fourth-order valence-corrected chi connectivity index (χ4v) is 1.72. The summed E-state index contributed by atoms with van der Waals surface area (Å²) in [7, 11) is 0. The molecule has 3 amide bonds. The zero-order chi connectivity index (χ0) is 16.1. The number of hydrogen-bond acceptors (Lipinski definition) is 7. The molecule has 1 heterocycles. The van der Waals surface area contributed by atoms with Crippen molar-refractivity contribution >= 4 is 34.7 Å². The minimum Gasteiger partial charge on any atom is -0.473 e. The molecular weight excluding hydrogens is 316 g/mol. The molecule has 0 saturated heterocycles. The summed E-state index contributed by atoms with van der Waals surface area (Å²) >= 11 is 5.88. The van der Waals surface area contributed by atoms with Crippen LogP contribution in [0.4, 0.5) is 9.59 Å². The van der Waals surface area contributed by atoms with E-state index in [0.717, 1.165) is 0 Å². The SMILES string of the molecule is NC(=O)NC(=O)OCC(N)COc1noc2ccc(Cl)cc12. The summed E-state index contributed by atoms with van der Waals surface area (Å²) < 4.78 is 15.1. The first-order chi connectivity index (χ1) is 10.5. The van der Waals surface area contributed by atoms with Gasteiger partial charge in [0.25, 0.3) is 5.88 Å². The van der Waals surface area contributed by atoms with E-state index in [-0.39, 0.29) is 19.1 Å². The van der Waals surface area contributed by atoms with Crippen LogP contribution in [0.3, 0.4) is 0 Å². The Balaban J connectivity index is 1.85. The number of benzene rings is 1. The molecule has 118 valence electrons. The molecule has 0 aliphatic heterocycles. The fourth-order valence-electron chi connectivity index (χ4n) is 1.55. The lowest BCUT2D eigenvalue weighted by Gasteiger charge is -2.12. The number of nitrogens with two attached hydrogens (primary N) is 2. The monoisotopic (exact) mass is 328 g/mol. The number of imide groups is 1. The lowest BCUT2D eigenvalue weighted by molar-refractivity contribution is 0.129. The number of fused-ring (bicyclic) bond motifs is 1. The quantitative estimate of drug-likeness (QED) is 0.742. The summed E-state index contributed by atoms with van der Waals surface area (Å²) in [6.45, 7) is -0.159. The van der Waals surface area contributed by atoms with E-state index in [1.54, 1.807) is 23.5 Å². The molecule has 10 heteroatoms. The van der Waals surface area contributed by atoms with Crippen molar-refractivity contribution < 1.29 is 23.6 Å².